The molecule has 1 aromatic carbocycles. The van der Waals surface area contributed by atoms with Crippen molar-refractivity contribution in [3.8, 4) is 0 Å². The minimum atomic E-state index is -0.201. The van der Waals surface area contributed by atoms with Crippen molar-refractivity contribution in [1.82, 2.24) is 19.8 Å². The average Bonchev–Trinajstić information content (AvgIpc) is 3.06. The molecule has 0 atom stereocenters. The van der Waals surface area contributed by atoms with E-state index >= 15 is 0 Å². The lowest BCUT2D eigenvalue weighted by Gasteiger charge is -2.17. The number of hydrogen-bond donors (Lipinski definition) is 1. The van der Waals surface area contributed by atoms with E-state index in [9.17, 15) is 4.79 Å². The summed E-state index contributed by atoms with van der Waals surface area (Å²) in [6, 6.07) is 11.8. The predicted molar refractivity (Wildman–Crippen MR) is 120 cm³/mol. The summed E-state index contributed by atoms with van der Waals surface area (Å²) in [4.78, 5) is 22.7. The number of aryl methyl sites for hydroxylation is 1. The second-order valence-electron chi connectivity index (χ2n) is 7.69. The molecule has 0 spiro atoms. The topological polar surface area (TPSA) is 71.7 Å². The summed E-state index contributed by atoms with van der Waals surface area (Å²) in [5, 5.41) is 4.89. The van der Waals surface area contributed by atoms with Crippen LogP contribution in [0.4, 0.5) is 0 Å². The second-order valence-corrected chi connectivity index (χ2v) is 9.96. The number of nitrogens with one attached hydrogen (secondary N) is 1. The van der Waals surface area contributed by atoms with Gasteiger partial charge in [0.15, 0.2) is 4.34 Å². The van der Waals surface area contributed by atoms with Gasteiger partial charge in [0.1, 0.15) is 10.7 Å². The van der Waals surface area contributed by atoms with Gasteiger partial charge < -0.3 is 5.43 Å². The van der Waals surface area contributed by atoms with Crippen LogP contribution in [0.1, 0.15) is 31.9 Å². The van der Waals surface area contributed by atoms with E-state index in [1.54, 1.807) is 28.1 Å². The van der Waals surface area contributed by atoms with E-state index in [0.717, 1.165) is 20.1 Å². The van der Waals surface area contributed by atoms with Crippen molar-refractivity contribution < 1.29 is 0 Å². The average molecular weight is 424 g/mol. The maximum atomic E-state index is 13.2. The highest BCUT2D eigenvalue weighted by Gasteiger charge is 2.16. The fourth-order valence-corrected chi connectivity index (χ4v) is 4.81. The third-order valence-electron chi connectivity index (χ3n) is 4.10. The van der Waals surface area contributed by atoms with Crippen molar-refractivity contribution >= 4 is 45.2 Å². The van der Waals surface area contributed by atoms with Gasteiger partial charge in [-0.1, -0.05) is 18.2 Å². The summed E-state index contributed by atoms with van der Waals surface area (Å²) in [6.45, 7) is 7.98. The van der Waals surface area contributed by atoms with Crippen LogP contribution in [0.5, 0.6) is 0 Å². The Morgan fingerprint density at radius 1 is 1.17 bits per heavy atom. The third-order valence-corrected chi connectivity index (χ3v) is 6.20. The van der Waals surface area contributed by atoms with Crippen LogP contribution in [0.15, 0.2) is 61.9 Å². The van der Waals surface area contributed by atoms with Gasteiger partial charge in [0.25, 0.3) is 5.56 Å². The molecule has 8 heteroatoms. The van der Waals surface area contributed by atoms with E-state index in [1.807, 2.05) is 64.1 Å². The largest absolute Gasteiger partial charge is 0.305 e. The normalized spacial score (nSPS) is 12.3. The zero-order chi connectivity index (χ0) is 20.6. The summed E-state index contributed by atoms with van der Waals surface area (Å²) in [5.74, 6) is 0. The molecule has 4 rings (SSSR count). The number of nitrogens with zero attached hydrogens (tertiary/aromatic N) is 4. The van der Waals surface area contributed by atoms with Crippen molar-refractivity contribution in [2.75, 3.05) is 0 Å². The quantitative estimate of drug-likeness (QED) is 0.298. The Kier molecular flexibility index (Phi) is 5.14. The van der Waals surface area contributed by atoms with Crippen molar-refractivity contribution in [1.29, 1.82) is 0 Å². The van der Waals surface area contributed by atoms with Crippen LogP contribution in [0.3, 0.4) is 0 Å². The minimum absolute atomic E-state index is 0.151. The molecule has 0 aliphatic carbocycles. The Morgan fingerprint density at radius 2 is 1.97 bits per heavy atom. The van der Waals surface area contributed by atoms with Gasteiger partial charge in [0, 0.05) is 11.7 Å². The van der Waals surface area contributed by atoms with Crippen LogP contribution in [-0.4, -0.2) is 26.1 Å². The standard InChI is InChI=1S/C21H21N5OS2/c1-13-8-7-11-26-17(13)24-18(14(19(26)27)12-22-25-21(2,3)4)29-20-23-15-9-5-6-10-16(15)28-20/h5-12,25H,1-4H3. The first-order valence-corrected chi connectivity index (χ1v) is 10.8. The molecule has 29 heavy (non-hydrogen) atoms. The molecule has 3 heterocycles. The van der Waals surface area contributed by atoms with Crippen LogP contribution >= 0.6 is 23.1 Å². The molecule has 0 unspecified atom stereocenters. The number of hydrazone groups is 1. The molecule has 148 valence electrons. The summed E-state index contributed by atoms with van der Waals surface area (Å²) >= 11 is 2.99. The van der Waals surface area contributed by atoms with E-state index in [4.69, 9.17) is 4.98 Å². The second kappa shape index (κ2) is 7.61. The zero-order valence-electron chi connectivity index (χ0n) is 16.6. The lowest BCUT2D eigenvalue weighted by Crippen LogP contribution is -2.31. The maximum Gasteiger partial charge on any atom is 0.267 e. The van der Waals surface area contributed by atoms with Crippen LogP contribution in [-0.2, 0) is 0 Å². The van der Waals surface area contributed by atoms with E-state index in [-0.39, 0.29) is 11.1 Å². The molecular formula is C21H21N5OS2. The molecule has 0 aliphatic rings. The number of rotatable bonds is 4. The first-order chi connectivity index (χ1) is 13.8. The Bertz CT molecular complexity index is 1250. The number of benzene rings is 1. The van der Waals surface area contributed by atoms with Gasteiger partial charge >= 0.3 is 0 Å². The molecule has 0 fully saturated rings. The van der Waals surface area contributed by atoms with E-state index in [1.165, 1.54) is 11.8 Å². The molecule has 6 nitrogen and oxygen atoms in total. The SMILES string of the molecule is Cc1cccn2c(=O)c(C=NNC(C)(C)C)c(Sc3nc4ccccc4s3)nc12. The maximum absolute atomic E-state index is 13.2. The first-order valence-electron chi connectivity index (χ1n) is 9.17. The molecule has 0 saturated heterocycles. The molecule has 0 radical (unpaired) electrons. The Hall–Kier alpha value is -2.71. The molecule has 3 aromatic heterocycles. The molecule has 0 saturated carbocycles. The third kappa shape index (κ3) is 4.18. The van der Waals surface area contributed by atoms with Crippen molar-refractivity contribution in [3.05, 3.63) is 64.1 Å². The summed E-state index contributed by atoms with van der Waals surface area (Å²) < 4.78 is 3.51. The predicted octanol–water partition coefficient (Wildman–Crippen LogP) is 4.49. The monoisotopic (exact) mass is 423 g/mol. The summed E-state index contributed by atoms with van der Waals surface area (Å²) in [7, 11) is 0. The van der Waals surface area contributed by atoms with Crippen LogP contribution < -0.4 is 11.0 Å². The fourth-order valence-electron chi connectivity index (χ4n) is 2.75. The van der Waals surface area contributed by atoms with Gasteiger partial charge in [-0.2, -0.15) is 5.10 Å². The highest BCUT2D eigenvalue weighted by atomic mass is 32.2. The number of hydrogen-bond acceptors (Lipinski definition) is 7. The molecule has 0 bridgehead atoms. The van der Waals surface area contributed by atoms with Crippen LogP contribution in [0, 0.1) is 6.92 Å². The van der Waals surface area contributed by atoms with Gasteiger partial charge in [-0.15, -0.1) is 11.3 Å². The molecular weight excluding hydrogens is 402 g/mol. The summed E-state index contributed by atoms with van der Waals surface area (Å²) in [5.41, 5.74) is 5.65. The highest BCUT2D eigenvalue weighted by molar-refractivity contribution is 8.01. The summed E-state index contributed by atoms with van der Waals surface area (Å²) in [6.07, 6.45) is 3.29. The Balaban J connectivity index is 1.84. The molecule has 0 amide bonds. The smallest absolute Gasteiger partial charge is 0.267 e. The van der Waals surface area contributed by atoms with Crippen molar-refractivity contribution in [2.45, 2.75) is 42.6 Å². The zero-order valence-corrected chi connectivity index (χ0v) is 18.3. The van der Waals surface area contributed by atoms with E-state index in [0.29, 0.717) is 16.2 Å². The van der Waals surface area contributed by atoms with Crippen molar-refractivity contribution in [3.63, 3.8) is 0 Å². The van der Waals surface area contributed by atoms with Gasteiger partial charge in [-0.25, -0.2) is 9.97 Å². The van der Waals surface area contributed by atoms with E-state index < -0.39 is 0 Å². The minimum Gasteiger partial charge on any atom is -0.305 e. The lowest BCUT2D eigenvalue weighted by molar-refractivity contribution is 0.442. The number of fused-ring (bicyclic) bond motifs is 2. The number of aromatic nitrogens is 3. The number of para-hydroxylation sites is 1. The first kappa shape index (κ1) is 19.6. The van der Waals surface area contributed by atoms with E-state index in [2.05, 4.69) is 15.5 Å². The molecule has 0 aliphatic heterocycles. The van der Waals surface area contributed by atoms with Gasteiger partial charge in [0.2, 0.25) is 0 Å². The van der Waals surface area contributed by atoms with Crippen molar-refractivity contribution in [2.24, 2.45) is 5.10 Å². The van der Waals surface area contributed by atoms with Gasteiger partial charge in [-0.3, -0.25) is 9.20 Å². The Labute approximate surface area is 176 Å². The Morgan fingerprint density at radius 3 is 2.72 bits per heavy atom. The van der Waals surface area contributed by atoms with Gasteiger partial charge in [0.05, 0.1) is 22.0 Å². The number of thiazole rings is 1. The van der Waals surface area contributed by atoms with Crippen LogP contribution in [0.2, 0.25) is 0 Å². The molecule has 1 N–H and O–H groups in total. The van der Waals surface area contributed by atoms with Crippen LogP contribution in [0.25, 0.3) is 15.9 Å². The fraction of sp³-hybridized carbons (Fsp3) is 0.238. The molecule has 4 aromatic rings. The van der Waals surface area contributed by atoms with Gasteiger partial charge in [-0.05, 0) is 63.2 Å². The highest BCUT2D eigenvalue weighted by Crippen LogP contribution is 2.34. The number of pyridine rings is 1. The lowest BCUT2D eigenvalue weighted by atomic mass is 10.1.